The van der Waals surface area contributed by atoms with E-state index in [1.807, 2.05) is 48.5 Å². The number of carbonyl (C=O) groups excluding carboxylic acids is 1. The molecule has 1 aliphatic rings. The van der Waals surface area contributed by atoms with Gasteiger partial charge in [-0.2, -0.15) is 0 Å². The molecule has 34 heavy (non-hydrogen) atoms. The van der Waals surface area contributed by atoms with Gasteiger partial charge in [-0.1, -0.05) is 30.3 Å². The van der Waals surface area contributed by atoms with E-state index in [1.165, 1.54) is 10.4 Å². The maximum atomic E-state index is 12.9. The van der Waals surface area contributed by atoms with Crippen LogP contribution in [0.15, 0.2) is 54.6 Å². The van der Waals surface area contributed by atoms with Crippen molar-refractivity contribution in [3.63, 3.8) is 0 Å². The Morgan fingerprint density at radius 3 is 2.56 bits per heavy atom. The third-order valence-corrected chi connectivity index (χ3v) is 8.47. The van der Waals surface area contributed by atoms with E-state index in [-0.39, 0.29) is 23.4 Å². The molecule has 0 unspecified atom stereocenters. The quantitative estimate of drug-likeness (QED) is 0.319. The van der Waals surface area contributed by atoms with Crippen molar-refractivity contribution in [2.45, 2.75) is 51.6 Å². The van der Waals surface area contributed by atoms with Gasteiger partial charge in [0.1, 0.15) is 15.8 Å². The third-order valence-electron chi connectivity index (χ3n) is 5.95. The number of benzene rings is 2. The summed E-state index contributed by atoms with van der Waals surface area (Å²) in [5.41, 5.74) is 3.08. The maximum Gasteiger partial charge on any atom is 0.228 e. The first kappa shape index (κ1) is 23.0. The van der Waals surface area contributed by atoms with Crippen LogP contribution in [0.4, 0.5) is 5.00 Å². The van der Waals surface area contributed by atoms with Crippen LogP contribution < -0.4 is 15.4 Å². The van der Waals surface area contributed by atoms with Crippen molar-refractivity contribution in [1.82, 2.24) is 10.3 Å². The van der Waals surface area contributed by atoms with Crippen molar-refractivity contribution in [2.24, 2.45) is 0 Å². The van der Waals surface area contributed by atoms with Crippen molar-refractivity contribution in [3.8, 4) is 16.3 Å². The molecule has 1 aliphatic heterocycles. The summed E-state index contributed by atoms with van der Waals surface area (Å²) in [6.07, 6.45) is 1.16. The highest BCUT2D eigenvalue weighted by atomic mass is 32.1. The average molecular weight is 492 g/mol. The highest BCUT2D eigenvalue weighted by Crippen LogP contribution is 2.50. The summed E-state index contributed by atoms with van der Waals surface area (Å²) >= 11 is 3.35. The number of aromatic nitrogens is 1. The van der Waals surface area contributed by atoms with Gasteiger partial charge in [-0.3, -0.25) is 4.79 Å². The fourth-order valence-corrected chi connectivity index (χ4v) is 7.19. The zero-order valence-electron chi connectivity index (χ0n) is 19.9. The molecule has 0 atom stereocenters. The summed E-state index contributed by atoms with van der Waals surface area (Å²) in [7, 11) is 0. The van der Waals surface area contributed by atoms with E-state index in [0.717, 1.165) is 38.0 Å². The van der Waals surface area contributed by atoms with E-state index in [1.54, 1.807) is 22.7 Å². The fraction of sp³-hybridized carbons (Fsp3) is 0.333. The number of anilines is 1. The number of ether oxygens (including phenoxy) is 1. The van der Waals surface area contributed by atoms with Crippen molar-refractivity contribution >= 4 is 43.8 Å². The summed E-state index contributed by atoms with van der Waals surface area (Å²) in [6, 6.07) is 17.8. The van der Waals surface area contributed by atoms with Crippen LogP contribution >= 0.6 is 22.7 Å². The Balaban J connectivity index is 1.48. The molecule has 0 spiro atoms. The van der Waals surface area contributed by atoms with Crippen molar-refractivity contribution in [2.75, 3.05) is 11.9 Å². The lowest BCUT2D eigenvalue weighted by Gasteiger charge is -2.42. The minimum Gasteiger partial charge on any atom is -0.493 e. The Kier molecular flexibility index (Phi) is 5.96. The summed E-state index contributed by atoms with van der Waals surface area (Å²) < 4.78 is 6.88. The van der Waals surface area contributed by atoms with Gasteiger partial charge in [0.25, 0.3) is 0 Å². The van der Waals surface area contributed by atoms with Gasteiger partial charge in [0.15, 0.2) is 0 Å². The maximum absolute atomic E-state index is 12.9. The summed E-state index contributed by atoms with van der Waals surface area (Å²) in [6.45, 7) is 9.22. The number of para-hydroxylation sites is 2. The monoisotopic (exact) mass is 491 g/mol. The van der Waals surface area contributed by atoms with Crippen LogP contribution in [0.3, 0.4) is 0 Å². The normalized spacial score (nSPS) is 16.2. The molecule has 0 saturated heterocycles. The lowest BCUT2D eigenvalue weighted by Crippen LogP contribution is -2.54. The Morgan fingerprint density at radius 2 is 1.79 bits per heavy atom. The first-order valence-corrected chi connectivity index (χ1v) is 13.1. The van der Waals surface area contributed by atoms with Crippen LogP contribution in [-0.2, 0) is 16.8 Å². The van der Waals surface area contributed by atoms with Crippen LogP contribution in [0.25, 0.3) is 20.8 Å². The molecule has 5 rings (SSSR count). The lowest BCUT2D eigenvalue weighted by molar-refractivity contribution is -0.116. The first-order chi connectivity index (χ1) is 16.2. The molecule has 2 N–H and O–H groups in total. The molecule has 4 aromatic rings. The summed E-state index contributed by atoms with van der Waals surface area (Å²) in [5.74, 6) is 0.717. The molecule has 7 heteroatoms. The van der Waals surface area contributed by atoms with Gasteiger partial charge in [0.05, 0.1) is 23.2 Å². The Hall–Kier alpha value is -2.74. The Labute approximate surface area is 208 Å². The number of amides is 1. The highest BCUT2D eigenvalue weighted by Gasteiger charge is 2.41. The number of nitrogens with zero attached hydrogens (tertiary/aromatic N) is 1. The zero-order valence-corrected chi connectivity index (χ0v) is 21.5. The zero-order chi connectivity index (χ0) is 23.9. The van der Waals surface area contributed by atoms with E-state index in [9.17, 15) is 4.79 Å². The van der Waals surface area contributed by atoms with Gasteiger partial charge in [-0.15, -0.1) is 22.7 Å². The number of nitrogens with one attached hydrogen (secondary N) is 2. The van der Waals surface area contributed by atoms with Crippen LogP contribution in [-0.4, -0.2) is 23.0 Å². The van der Waals surface area contributed by atoms with Gasteiger partial charge in [0.2, 0.25) is 5.91 Å². The molecular formula is C27H29N3O2S2. The number of hydrogen-bond acceptors (Lipinski definition) is 6. The molecule has 0 aliphatic carbocycles. The molecule has 176 valence electrons. The molecule has 0 saturated carbocycles. The number of hydrogen-bond donors (Lipinski definition) is 2. The van der Waals surface area contributed by atoms with Crippen LogP contribution in [0.2, 0.25) is 0 Å². The van der Waals surface area contributed by atoms with Gasteiger partial charge in [-0.25, -0.2) is 4.98 Å². The van der Waals surface area contributed by atoms with E-state index in [2.05, 4.69) is 44.4 Å². The van der Waals surface area contributed by atoms with Gasteiger partial charge in [-0.05, 0) is 63.9 Å². The average Bonchev–Trinajstić information content (AvgIpc) is 3.34. The predicted octanol–water partition coefficient (Wildman–Crippen LogP) is 6.59. The standard InChI is InChI=1S/C27H29N3O2S2/c1-26(2)16-18-22(24-28-19-12-8-9-13-20(19)33-24)25(34-23(18)27(3,4)30-26)29-21(31)14-15-32-17-10-6-5-7-11-17/h5-13,30H,14-16H2,1-4H3,(H,29,31). The second-order valence-electron chi connectivity index (χ2n) is 9.87. The molecule has 3 heterocycles. The molecule has 0 fully saturated rings. The minimum atomic E-state index is -0.202. The van der Waals surface area contributed by atoms with E-state index in [0.29, 0.717) is 6.61 Å². The highest BCUT2D eigenvalue weighted by molar-refractivity contribution is 7.23. The Morgan fingerprint density at radius 1 is 1.06 bits per heavy atom. The fourth-order valence-electron chi connectivity index (χ4n) is 4.79. The van der Waals surface area contributed by atoms with Gasteiger partial charge < -0.3 is 15.4 Å². The minimum absolute atomic E-state index is 0.0538. The summed E-state index contributed by atoms with van der Waals surface area (Å²) in [5, 5.41) is 8.81. The second-order valence-corrected chi connectivity index (χ2v) is 11.9. The molecular weight excluding hydrogens is 462 g/mol. The van der Waals surface area contributed by atoms with Crippen molar-refractivity contribution in [1.29, 1.82) is 0 Å². The van der Waals surface area contributed by atoms with Crippen molar-refractivity contribution < 1.29 is 9.53 Å². The first-order valence-electron chi connectivity index (χ1n) is 11.5. The van der Waals surface area contributed by atoms with Crippen LogP contribution in [0, 0.1) is 0 Å². The SMILES string of the molecule is CC1(C)Cc2c(sc(NC(=O)CCOc3ccccc3)c2-c2nc3ccccc3s2)C(C)(C)N1. The smallest absolute Gasteiger partial charge is 0.228 e. The lowest BCUT2D eigenvalue weighted by atomic mass is 9.81. The molecule has 2 aromatic carbocycles. The molecule has 1 amide bonds. The third kappa shape index (κ3) is 4.60. The van der Waals surface area contributed by atoms with E-state index >= 15 is 0 Å². The number of carbonyl (C=O) groups is 1. The molecule has 0 radical (unpaired) electrons. The van der Waals surface area contributed by atoms with E-state index < -0.39 is 0 Å². The molecule has 0 bridgehead atoms. The predicted molar refractivity (Wildman–Crippen MR) is 142 cm³/mol. The topological polar surface area (TPSA) is 63.2 Å². The molecule has 5 nitrogen and oxygen atoms in total. The van der Waals surface area contributed by atoms with Crippen LogP contribution in [0.5, 0.6) is 5.75 Å². The van der Waals surface area contributed by atoms with E-state index in [4.69, 9.17) is 9.72 Å². The summed E-state index contributed by atoms with van der Waals surface area (Å²) in [4.78, 5) is 19.2. The van der Waals surface area contributed by atoms with Crippen molar-refractivity contribution in [3.05, 3.63) is 65.0 Å². The Bertz CT molecular complexity index is 1310. The number of fused-ring (bicyclic) bond motifs is 2. The largest absolute Gasteiger partial charge is 0.493 e. The molecule has 2 aromatic heterocycles. The number of rotatable bonds is 6. The number of thiophene rings is 1. The van der Waals surface area contributed by atoms with Gasteiger partial charge in [0, 0.05) is 21.5 Å². The van der Waals surface area contributed by atoms with Crippen LogP contribution in [0.1, 0.15) is 44.6 Å². The van der Waals surface area contributed by atoms with Gasteiger partial charge >= 0.3 is 0 Å². The second kappa shape index (κ2) is 8.80. The number of thiazole rings is 1.